The number of sulfone groups is 1. The van der Waals surface area contributed by atoms with E-state index < -0.39 is 21.8 Å². The Morgan fingerprint density at radius 2 is 1.85 bits per heavy atom. The van der Waals surface area contributed by atoms with Crippen LogP contribution in [0.2, 0.25) is 5.02 Å². The molecule has 0 spiro atoms. The molecule has 2 fully saturated rings. The molecule has 4 rings (SSSR count). The number of ether oxygens (including phenoxy) is 1. The number of nitrogens with zero attached hydrogens (tertiary/aromatic N) is 1. The van der Waals surface area contributed by atoms with Gasteiger partial charge in [-0.25, -0.2) is 18.1 Å². The zero-order valence-corrected chi connectivity index (χ0v) is 20.1. The molecule has 0 aromatic heterocycles. The van der Waals surface area contributed by atoms with Crippen molar-refractivity contribution >= 4 is 33.4 Å². The molecule has 0 N–H and O–H groups in total. The second kappa shape index (κ2) is 9.85. The standard InChI is InChI=1S/C25H28ClNO5S/c1-33(30,31)23-12-11-19(15-22(23)26)21(14-18-9-5-6-10-18)24(28)27-20(16-32-25(27)29)13-17-7-3-2-4-8-17/h2-4,7-8,11-12,15,18,20-21H,5-6,9-10,13-14,16H2,1H3/t20-,21+/m1/s1. The van der Waals surface area contributed by atoms with Crippen LogP contribution in [0.1, 0.15) is 49.1 Å². The van der Waals surface area contributed by atoms with E-state index >= 15 is 0 Å². The van der Waals surface area contributed by atoms with Crippen LogP contribution in [0.4, 0.5) is 4.79 Å². The lowest BCUT2D eigenvalue weighted by Gasteiger charge is -2.27. The van der Waals surface area contributed by atoms with Crippen molar-refractivity contribution in [2.75, 3.05) is 12.9 Å². The van der Waals surface area contributed by atoms with Crippen LogP contribution in [0, 0.1) is 5.92 Å². The normalized spacial score (nSPS) is 20.1. The summed E-state index contributed by atoms with van der Waals surface area (Å²) in [5.41, 5.74) is 1.65. The smallest absolute Gasteiger partial charge is 0.417 e. The second-order valence-electron chi connectivity index (χ2n) is 9.03. The van der Waals surface area contributed by atoms with Gasteiger partial charge in [-0.2, -0.15) is 0 Å². The number of cyclic esters (lactones) is 1. The van der Waals surface area contributed by atoms with E-state index in [0.717, 1.165) is 37.5 Å². The molecule has 2 atom stereocenters. The minimum Gasteiger partial charge on any atom is -0.447 e. The van der Waals surface area contributed by atoms with Crippen LogP contribution >= 0.6 is 11.6 Å². The highest BCUT2D eigenvalue weighted by Crippen LogP contribution is 2.38. The van der Waals surface area contributed by atoms with Crippen LogP contribution in [-0.4, -0.2) is 44.2 Å². The Kier molecular flexibility index (Phi) is 7.10. The molecule has 176 valence electrons. The third kappa shape index (κ3) is 5.41. The molecule has 1 heterocycles. The Balaban J connectivity index is 1.65. The number of amides is 2. The molecule has 1 saturated carbocycles. The van der Waals surface area contributed by atoms with Gasteiger partial charge >= 0.3 is 6.09 Å². The number of hydrogen-bond donors (Lipinski definition) is 0. The van der Waals surface area contributed by atoms with Gasteiger partial charge in [0, 0.05) is 6.26 Å². The largest absolute Gasteiger partial charge is 0.447 e. The first-order valence-corrected chi connectivity index (χ1v) is 13.5. The fourth-order valence-electron chi connectivity index (χ4n) is 4.93. The monoisotopic (exact) mass is 489 g/mol. The highest BCUT2D eigenvalue weighted by atomic mass is 35.5. The summed E-state index contributed by atoms with van der Waals surface area (Å²) in [4.78, 5) is 27.7. The SMILES string of the molecule is CS(=O)(=O)c1ccc([C@H](CC2CCCC2)C(=O)N2C(=O)OC[C@H]2Cc2ccccc2)cc1Cl. The summed E-state index contributed by atoms with van der Waals surface area (Å²) < 4.78 is 29.3. The molecule has 1 saturated heterocycles. The van der Waals surface area contributed by atoms with Crippen molar-refractivity contribution in [1.82, 2.24) is 4.90 Å². The van der Waals surface area contributed by atoms with Gasteiger partial charge in [-0.3, -0.25) is 4.79 Å². The third-order valence-electron chi connectivity index (χ3n) is 6.61. The number of rotatable bonds is 7. The molecule has 0 bridgehead atoms. The molecular formula is C25H28ClNO5S. The lowest BCUT2D eigenvalue weighted by molar-refractivity contribution is -0.131. The molecule has 33 heavy (non-hydrogen) atoms. The van der Waals surface area contributed by atoms with E-state index in [4.69, 9.17) is 16.3 Å². The number of halogens is 1. The van der Waals surface area contributed by atoms with Crippen LogP contribution < -0.4 is 0 Å². The Labute approximate surface area is 199 Å². The van der Waals surface area contributed by atoms with Crippen molar-refractivity contribution in [3.63, 3.8) is 0 Å². The van der Waals surface area contributed by atoms with Gasteiger partial charge < -0.3 is 4.74 Å². The second-order valence-corrected chi connectivity index (χ2v) is 11.4. The highest BCUT2D eigenvalue weighted by Gasteiger charge is 2.42. The van der Waals surface area contributed by atoms with Crippen LogP contribution in [-0.2, 0) is 25.8 Å². The highest BCUT2D eigenvalue weighted by molar-refractivity contribution is 7.90. The Bertz CT molecular complexity index is 1130. The predicted octanol–water partition coefficient (Wildman–Crippen LogP) is 5.00. The van der Waals surface area contributed by atoms with Gasteiger partial charge in [0.1, 0.15) is 6.61 Å². The Hall–Kier alpha value is -2.38. The van der Waals surface area contributed by atoms with E-state index in [1.165, 1.54) is 11.0 Å². The minimum atomic E-state index is -3.49. The van der Waals surface area contributed by atoms with E-state index in [1.54, 1.807) is 12.1 Å². The lowest BCUT2D eigenvalue weighted by Crippen LogP contribution is -2.43. The van der Waals surface area contributed by atoms with Gasteiger partial charge in [0.15, 0.2) is 9.84 Å². The number of benzene rings is 2. The van der Waals surface area contributed by atoms with Crippen LogP contribution in [0.5, 0.6) is 0 Å². The van der Waals surface area contributed by atoms with E-state index in [9.17, 15) is 18.0 Å². The molecule has 8 heteroatoms. The predicted molar refractivity (Wildman–Crippen MR) is 126 cm³/mol. The first-order valence-electron chi connectivity index (χ1n) is 11.3. The van der Waals surface area contributed by atoms with Crippen molar-refractivity contribution in [1.29, 1.82) is 0 Å². The van der Waals surface area contributed by atoms with Gasteiger partial charge in [-0.15, -0.1) is 0 Å². The van der Waals surface area contributed by atoms with Crippen molar-refractivity contribution in [2.24, 2.45) is 5.92 Å². The molecule has 0 radical (unpaired) electrons. The lowest BCUT2D eigenvalue weighted by atomic mass is 9.86. The van der Waals surface area contributed by atoms with E-state index in [-0.39, 0.29) is 28.5 Å². The van der Waals surface area contributed by atoms with Gasteiger partial charge in [0.05, 0.1) is 21.9 Å². The molecule has 1 aliphatic heterocycles. The quantitative estimate of drug-likeness (QED) is 0.546. The van der Waals surface area contributed by atoms with Crippen molar-refractivity contribution in [2.45, 2.75) is 55.4 Å². The number of carbonyl (C=O) groups excluding carboxylic acids is 2. The fourth-order valence-corrected chi connectivity index (χ4v) is 6.27. The fraction of sp³-hybridized carbons (Fsp3) is 0.440. The Morgan fingerprint density at radius 1 is 1.15 bits per heavy atom. The number of imide groups is 1. The molecule has 2 amide bonds. The maximum atomic E-state index is 13.8. The molecule has 6 nitrogen and oxygen atoms in total. The van der Waals surface area contributed by atoms with E-state index in [2.05, 4.69) is 0 Å². The molecule has 1 aliphatic carbocycles. The summed E-state index contributed by atoms with van der Waals surface area (Å²) in [7, 11) is -3.49. The van der Waals surface area contributed by atoms with Gasteiger partial charge in [-0.05, 0) is 42.0 Å². The Morgan fingerprint density at radius 3 is 2.48 bits per heavy atom. The number of hydrogen-bond acceptors (Lipinski definition) is 5. The zero-order valence-electron chi connectivity index (χ0n) is 18.6. The molecular weight excluding hydrogens is 462 g/mol. The summed E-state index contributed by atoms with van der Waals surface area (Å²) in [6, 6.07) is 14.0. The van der Waals surface area contributed by atoms with Crippen LogP contribution in [0.3, 0.4) is 0 Å². The van der Waals surface area contributed by atoms with E-state index in [1.807, 2.05) is 30.3 Å². The van der Waals surface area contributed by atoms with E-state index in [0.29, 0.717) is 24.3 Å². The average Bonchev–Trinajstić information content (AvgIpc) is 3.41. The maximum absolute atomic E-state index is 13.8. The van der Waals surface area contributed by atoms with Crippen molar-refractivity contribution in [3.8, 4) is 0 Å². The summed E-state index contributed by atoms with van der Waals surface area (Å²) in [6.07, 6.45) is 5.91. The first-order chi connectivity index (χ1) is 15.7. The first kappa shape index (κ1) is 23.8. The molecule has 2 aromatic rings. The molecule has 2 aliphatic rings. The zero-order chi connectivity index (χ0) is 23.6. The summed E-state index contributed by atoms with van der Waals surface area (Å²) in [5, 5.41) is 0.0871. The van der Waals surface area contributed by atoms with Crippen molar-refractivity contribution in [3.05, 3.63) is 64.7 Å². The van der Waals surface area contributed by atoms with Crippen LogP contribution in [0.25, 0.3) is 0 Å². The maximum Gasteiger partial charge on any atom is 0.417 e. The van der Waals surface area contributed by atoms with Crippen molar-refractivity contribution < 1.29 is 22.7 Å². The van der Waals surface area contributed by atoms with Crippen LogP contribution in [0.15, 0.2) is 53.4 Å². The average molecular weight is 490 g/mol. The summed E-state index contributed by atoms with van der Waals surface area (Å²) >= 11 is 6.31. The van der Waals surface area contributed by atoms with Gasteiger partial charge in [-0.1, -0.05) is 73.7 Å². The molecule has 0 unspecified atom stereocenters. The van der Waals surface area contributed by atoms with Gasteiger partial charge in [0.2, 0.25) is 5.91 Å². The topological polar surface area (TPSA) is 80.8 Å². The summed E-state index contributed by atoms with van der Waals surface area (Å²) in [6.45, 7) is 0.156. The molecule has 2 aromatic carbocycles. The number of carbonyl (C=O) groups is 2. The summed E-state index contributed by atoms with van der Waals surface area (Å²) in [5.74, 6) is -0.532. The minimum absolute atomic E-state index is 0.0301. The van der Waals surface area contributed by atoms with Gasteiger partial charge in [0.25, 0.3) is 0 Å². The third-order valence-corrected chi connectivity index (χ3v) is 8.19.